The van der Waals surface area contributed by atoms with Crippen LogP contribution in [-0.2, 0) is 4.79 Å². The number of nitrogens with one attached hydrogen (secondary N) is 3. The molecule has 0 radical (unpaired) electrons. The summed E-state index contributed by atoms with van der Waals surface area (Å²) in [5.41, 5.74) is 6.03. The van der Waals surface area contributed by atoms with Gasteiger partial charge in [-0.3, -0.25) is 19.9 Å². The summed E-state index contributed by atoms with van der Waals surface area (Å²) in [5, 5.41) is 10.4. The van der Waals surface area contributed by atoms with Crippen molar-refractivity contribution in [3.8, 4) is 34.0 Å². The number of hydrogen-bond donors (Lipinski definition) is 3. The average Bonchev–Trinajstić information content (AvgIpc) is 3.52. The Hall–Kier alpha value is -4.99. The summed E-state index contributed by atoms with van der Waals surface area (Å²) in [5.74, 6) is 0.235. The molecular weight excluding hydrogens is 483 g/mol. The predicted octanol–water partition coefficient (Wildman–Crippen LogP) is 5.50. The smallest absolute Gasteiger partial charge is 0.227 e. The molecule has 1 saturated carbocycles. The van der Waals surface area contributed by atoms with Crippen LogP contribution in [-0.4, -0.2) is 41.0 Å². The highest BCUT2D eigenvalue weighted by Crippen LogP contribution is 2.32. The van der Waals surface area contributed by atoms with E-state index in [4.69, 9.17) is 9.97 Å². The van der Waals surface area contributed by atoms with Gasteiger partial charge in [0.2, 0.25) is 5.91 Å². The van der Waals surface area contributed by atoms with Gasteiger partial charge in [-0.15, -0.1) is 0 Å². The molecule has 0 aliphatic heterocycles. The second-order valence-corrected chi connectivity index (χ2v) is 9.37. The zero-order chi connectivity index (χ0) is 25.6. The SMILES string of the molecule is O=C(Nc1cncc(-c2ccc3[nH]nc(-c4nc5c(-c6ccccc6F)nccc5[nH]4)c3n2)c1)C1CCC1. The van der Waals surface area contributed by atoms with Gasteiger partial charge in [0.1, 0.15) is 22.5 Å². The number of pyridine rings is 3. The van der Waals surface area contributed by atoms with Gasteiger partial charge in [0.15, 0.2) is 11.5 Å². The first kappa shape index (κ1) is 22.2. The lowest BCUT2D eigenvalue weighted by Gasteiger charge is -2.24. The van der Waals surface area contributed by atoms with Crippen LogP contribution in [0.2, 0.25) is 0 Å². The van der Waals surface area contributed by atoms with Gasteiger partial charge >= 0.3 is 0 Å². The number of halogens is 1. The number of carbonyl (C=O) groups is 1. The lowest BCUT2D eigenvalue weighted by Crippen LogP contribution is -2.28. The molecule has 0 bridgehead atoms. The van der Waals surface area contributed by atoms with E-state index in [2.05, 4.69) is 30.5 Å². The number of fused-ring (bicyclic) bond motifs is 2. The Balaban J connectivity index is 1.27. The fourth-order valence-corrected chi connectivity index (χ4v) is 4.69. The summed E-state index contributed by atoms with van der Waals surface area (Å²) in [6.07, 6.45) is 7.92. The second kappa shape index (κ2) is 8.84. The molecule has 6 aromatic rings. The Labute approximate surface area is 215 Å². The van der Waals surface area contributed by atoms with E-state index in [0.29, 0.717) is 50.7 Å². The third-order valence-electron chi connectivity index (χ3n) is 6.94. The first-order valence-corrected chi connectivity index (χ1v) is 12.4. The Morgan fingerprint density at radius 3 is 2.68 bits per heavy atom. The third-order valence-corrected chi connectivity index (χ3v) is 6.94. The third kappa shape index (κ3) is 3.78. The highest BCUT2D eigenvalue weighted by molar-refractivity contribution is 5.96. The first-order chi connectivity index (χ1) is 18.6. The molecule has 7 rings (SSSR count). The van der Waals surface area contributed by atoms with Crippen LogP contribution in [0.1, 0.15) is 19.3 Å². The zero-order valence-electron chi connectivity index (χ0n) is 20.1. The molecule has 186 valence electrons. The number of nitrogens with zero attached hydrogens (tertiary/aromatic N) is 5. The largest absolute Gasteiger partial charge is 0.336 e. The number of imidazole rings is 1. The molecule has 9 nitrogen and oxygen atoms in total. The van der Waals surface area contributed by atoms with E-state index in [1.807, 2.05) is 18.2 Å². The van der Waals surface area contributed by atoms with Gasteiger partial charge in [0.05, 0.1) is 28.6 Å². The molecule has 1 aromatic carbocycles. The maximum Gasteiger partial charge on any atom is 0.227 e. The molecular formula is C28H21FN8O. The summed E-state index contributed by atoms with van der Waals surface area (Å²) in [6, 6.07) is 13.9. The number of hydrogen-bond acceptors (Lipinski definition) is 6. The molecule has 10 heteroatoms. The van der Waals surface area contributed by atoms with Gasteiger partial charge in [0, 0.05) is 29.4 Å². The van der Waals surface area contributed by atoms with E-state index in [1.54, 1.807) is 42.9 Å². The molecule has 0 spiro atoms. The van der Waals surface area contributed by atoms with Crippen LogP contribution in [0.5, 0.6) is 0 Å². The van der Waals surface area contributed by atoms with Crippen molar-refractivity contribution in [3.05, 3.63) is 72.9 Å². The van der Waals surface area contributed by atoms with Crippen molar-refractivity contribution in [2.45, 2.75) is 19.3 Å². The van der Waals surface area contributed by atoms with Gasteiger partial charge < -0.3 is 10.3 Å². The molecule has 1 aliphatic carbocycles. The van der Waals surface area contributed by atoms with Gasteiger partial charge in [-0.25, -0.2) is 14.4 Å². The molecule has 1 aliphatic rings. The van der Waals surface area contributed by atoms with Crippen molar-refractivity contribution < 1.29 is 9.18 Å². The molecule has 38 heavy (non-hydrogen) atoms. The van der Waals surface area contributed by atoms with Crippen LogP contribution in [0.25, 0.3) is 56.1 Å². The number of amides is 1. The lowest BCUT2D eigenvalue weighted by molar-refractivity contribution is -0.122. The van der Waals surface area contributed by atoms with Crippen molar-refractivity contribution >= 4 is 33.7 Å². The van der Waals surface area contributed by atoms with E-state index >= 15 is 0 Å². The normalized spacial score (nSPS) is 13.6. The van der Waals surface area contributed by atoms with Crippen LogP contribution in [0, 0.1) is 11.7 Å². The maximum absolute atomic E-state index is 14.5. The van der Waals surface area contributed by atoms with Gasteiger partial charge in [0.25, 0.3) is 0 Å². The standard InChI is InChI=1S/C28H21FN8O/c29-19-7-2-1-6-18(19)23-24-21(10-11-31-23)34-27(35-24)26-25-22(36-37-26)9-8-20(33-25)16-12-17(14-30-13-16)32-28(38)15-4-3-5-15/h1-2,6-15H,3-5H2,(H,32,38)(H,34,35)(H,36,37). The highest BCUT2D eigenvalue weighted by Gasteiger charge is 2.25. The number of aromatic amines is 2. The number of H-pyrrole nitrogens is 2. The number of carbonyl (C=O) groups excluding carboxylic acids is 1. The molecule has 5 aromatic heterocycles. The summed E-state index contributed by atoms with van der Waals surface area (Å²) in [6.45, 7) is 0. The van der Waals surface area contributed by atoms with E-state index < -0.39 is 0 Å². The average molecular weight is 505 g/mol. The monoisotopic (exact) mass is 504 g/mol. The quantitative estimate of drug-likeness (QED) is 0.285. The van der Waals surface area contributed by atoms with Crippen molar-refractivity contribution in [3.63, 3.8) is 0 Å². The highest BCUT2D eigenvalue weighted by atomic mass is 19.1. The van der Waals surface area contributed by atoms with Gasteiger partial charge in [-0.2, -0.15) is 5.10 Å². The number of anilines is 1. The Morgan fingerprint density at radius 1 is 0.974 bits per heavy atom. The van der Waals surface area contributed by atoms with Crippen LogP contribution >= 0.6 is 0 Å². The molecule has 1 fully saturated rings. The van der Waals surface area contributed by atoms with Gasteiger partial charge in [-0.05, 0) is 49.2 Å². The van der Waals surface area contributed by atoms with Crippen molar-refractivity contribution in [2.75, 3.05) is 5.32 Å². The minimum atomic E-state index is -0.367. The number of rotatable bonds is 5. The summed E-state index contributed by atoms with van der Waals surface area (Å²) in [7, 11) is 0. The Bertz CT molecular complexity index is 1840. The molecule has 3 N–H and O–H groups in total. The minimum absolute atomic E-state index is 0.0323. The predicted molar refractivity (Wildman–Crippen MR) is 141 cm³/mol. The second-order valence-electron chi connectivity index (χ2n) is 9.37. The molecule has 0 atom stereocenters. The molecule has 1 amide bonds. The first-order valence-electron chi connectivity index (χ1n) is 12.4. The Kier molecular flexibility index (Phi) is 5.17. The lowest BCUT2D eigenvalue weighted by atomic mass is 9.85. The molecule has 0 saturated heterocycles. The molecule has 5 heterocycles. The Morgan fingerprint density at radius 2 is 1.84 bits per heavy atom. The van der Waals surface area contributed by atoms with Crippen LogP contribution < -0.4 is 5.32 Å². The van der Waals surface area contributed by atoms with Crippen molar-refractivity contribution in [2.24, 2.45) is 5.92 Å². The molecule has 0 unspecified atom stereocenters. The maximum atomic E-state index is 14.5. The van der Waals surface area contributed by atoms with Crippen LogP contribution in [0.4, 0.5) is 10.1 Å². The van der Waals surface area contributed by atoms with Crippen molar-refractivity contribution in [1.29, 1.82) is 0 Å². The van der Waals surface area contributed by atoms with E-state index in [9.17, 15) is 9.18 Å². The zero-order valence-corrected chi connectivity index (χ0v) is 20.1. The van der Waals surface area contributed by atoms with E-state index in [-0.39, 0.29) is 17.6 Å². The van der Waals surface area contributed by atoms with Gasteiger partial charge in [-0.1, -0.05) is 18.6 Å². The van der Waals surface area contributed by atoms with E-state index in [1.165, 1.54) is 6.07 Å². The topological polar surface area (TPSA) is 125 Å². The summed E-state index contributed by atoms with van der Waals surface area (Å²) in [4.78, 5) is 33.9. The van der Waals surface area contributed by atoms with Crippen molar-refractivity contribution in [1.82, 2.24) is 35.1 Å². The number of aromatic nitrogens is 7. The number of benzene rings is 1. The van der Waals surface area contributed by atoms with E-state index in [0.717, 1.165) is 30.3 Å². The fourth-order valence-electron chi connectivity index (χ4n) is 4.69. The summed E-state index contributed by atoms with van der Waals surface area (Å²) < 4.78 is 14.5. The van der Waals surface area contributed by atoms with Crippen LogP contribution in [0.15, 0.2) is 67.1 Å². The fraction of sp³-hybridized carbons (Fsp3) is 0.143. The minimum Gasteiger partial charge on any atom is -0.336 e. The van der Waals surface area contributed by atoms with Crippen LogP contribution in [0.3, 0.4) is 0 Å². The summed E-state index contributed by atoms with van der Waals surface area (Å²) >= 11 is 0.